The Bertz CT molecular complexity index is 658. The van der Waals surface area contributed by atoms with Crippen molar-refractivity contribution in [2.45, 2.75) is 13.0 Å². The molecule has 0 saturated carbocycles. The van der Waals surface area contributed by atoms with Gasteiger partial charge in [-0.3, -0.25) is 4.79 Å². The van der Waals surface area contributed by atoms with Crippen LogP contribution < -0.4 is 5.32 Å². The Morgan fingerprint density at radius 3 is 2.95 bits per heavy atom. The summed E-state index contributed by atoms with van der Waals surface area (Å²) in [5.41, 5.74) is 1.87. The number of thiophene rings is 1. The second kappa shape index (κ2) is 6.33. The molecule has 0 spiro atoms. The molecule has 0 aliphatic rings. The van der Waals surface area contributed by atoms with Crippen LogP contribution in [0.5, 0.6) is 0 Å². The van der Waals surface area contributed by atoms with Crippen molar-refractivity contribution in [2.24, 2.45) is 0 Å². The van der Waals surface area contributed by atoms with Gasteiger partial charge in [0.2, 0.25) is 0 Å². The molecule has 1 aromatic heterocycles. The molecule has 0 fully saturated rings. The number of amides is 1. The Labute approximate surface area is 121 Å². The molecule has 0 radical (unpaired) electrons. The lowest BCUT2D eigenvalue weighted by molar-refractivity contribution is 0.0917. The van der Waals surface area contributed by atoms with E-state index in [0.717, 1.165) is 10.4 Å². The molecular formula is C15H14N2O2S. The fourth-order valence-corrected chi connectivity index (χ4v) is 2.75. The van der Waals surface area contributed by atoms with Gasteiger partial charge in [0.25, 0.3) is 5.91 Å². The van der Waals surface area contributed by atoms with Crippen LogP contribution in [-0.4, -0.2) is 17.6 Å². The van der Waals surface area contributed by atoms with Crippen molar-refractivity contribution in [1.29, 1.82) is 5.26 Å². The van der Waals surface area contributed by atoms with E-state index >= 15 is 0 Å². The van der Waals surface area contributed by atoms with Gasteiger partial charge in [0.1, 0.15) is 6.10 Å². The number of nitriles is 1. The zero-order valence-corrected chi connectivity index (χ0v) is 11.8. The summed E-state index contributed by atoms with van der Waals surface area (Å²) in [6.07, 6.45) is -0.710. The minimum Gasteiger partial charge on any atom is -0.386 e. The first-order chi connectivity index (χ1) is 9.61. The van der Waals surface area contributed by atoms with E-state index in [1.807, 2.05) is 24.4 Å². The molecular weight excluding hydrogens is 272 g/mol. The first-order valence-electron chi connectivity index (χ1n) is 6.12. The third kappa shape index (κ3) is 3.23. The predicted octanol–water partition coefficient (Wildman–Crippen LogP) is 2.39. The zero-order chi connectivity index (χ0) is 14.5. The summed E-state index contributed by atoms with van der Waals surface area (Å²) >= 11 is 1.47. The molecule has 102 valence electrons. The monoisotopic (exact) mass is 286 g/mol. The van der Waals surface area contributed by atoms with Crippen LogP contribution in [0.25, 0.3) is 0 Å². The number of hydrogen-bond donors (Lipinski definition) is 2. The fraction of sp³-hybridized carbons (Fsp3) is 0.200. The highest BCUT2D eigenvalue weighted by Gasteiger charge is 2.14. The maximum absolute atomic E-state index is 11.9. The second-order valence-corrected chi connectivity index (χ2v) is 5.33. The fourth-order valence-electron chi connectivity index (χ4n) is 1.84. The van der Waals surface area contributed by atoms with Gasteiger partial charge in [-0.25, -0.2) is 0 Å². The molecule has 1 amide bonds. The summed E-state index contributed by atoms with van der Waals surface area (Å²) in [5.74, 6) is -0.296. The molecule has 5 heteroatoms. The number of rotatable bonds is 4. The Morgan fingerprint density at radius 2 is 2.30 bits per heavy atom. The van der Waals surface area contributed by atoms with Gasteiger partial charge < -0.3 is 10.4 Å². The molecule has 0 aliphatic heterocycles. The SMILES string of the molecule is Cc1ccsc1C(O)CNC(=O)c1cccc(C#N)c1. The van der Waals surface area contributed by atoms with Gasteiger partial charge in [-0.1, -0.05) is 6.07 Å². The van der Waals surface area contributed by atoms with Crippen molar-refractivity contribution >= 4 is 17.2 Å². The van der Waals surface area contributed by atoms with E-state index in [2.05, 4.69) is 5.32 Å². The van der Waals surface area contributed by atoms with E-state index in [0.29, 0.717) is 11.1 Å². The quantitative estimate of drug-likeness (QED) is 0.906. The summed E-state index contributed by atoms with van der Waals surface area (Å²) in [5, 5.41) is 23.4. The van der Waals surface area contributed by atoms with E-state index < -0.39 is 6.10 Å². The van der Waals surface area contributed by atoms with E-state index in [1.165, 1.54) is 17.4 Å². The van der Waals surface area contributed by atoms with Gasteiger partial charge in [0, 0.05) is 17.0 Å². The van der Waals surface area contributed by atoms with Crippen LogP contribution in [0.2, 0.25) is 0 Å². The molecule has 1 aromatic carbocycles. The standard InChI is InChI=1S/C15H14N2O2S/c1-10-5-6-20-14(10)13(18)9-17-15(19)12-4-2-3-11(7-12)8-16/h2-7,13,18H,9H2,1H3,(H,17,19). The van der Waals surface area contributed by atoms with Gasteiger partial charge >= 0.3 is 0 Å². The van der Waals surface area contributed by atoms with Crippen LogP contribution in [0, 0.1) is 18.3 Å². The molecule has 4 nitrogen and oxygen atoms in total. The highest BCUT2D eigenvalue weighted by molar-refractivity contribution is 7.10. The molecule has 2 aromatic rings. The summed E-state index contributed by atoms with van der Waals surface area (Å²) in [6.45, 7) is 2.07. The summed E-state index contributed by atoms with van der Waals surface area (Å²) in [6, 6.07) is 10.4. The molecule has 0 saturated heterocycles. The molecule has 1 heterocycles. The van der Waals surface area contributed by atoms with Crippen LogP contribution in [0.3, 0.4) is 0 Å². The average Bonchev–Trinajstić information content (AvgIpc) is 2.90. The lowest BCUT2D eigenvalue weighted by Gasteiger charge is -2.11. The Balaban J connectivity index is 1.99. The number of nitrogens with zero attached hydrogens (tertiary/aromatic N) is 1. The van der Waals surface area contributed by atoms with Gasteiger partial charge in [0.05, 0.1) is 11.6 Å². The molecule has 0 bridgehead atoms. The largest absolute Gasteiger partial charge is 0.386 e. The number of benzene rings is 1. The minimum absolute atomic E-state index is 0.150. The lowest BCUT2D eigenvalue weighted by Crippen LogP contribution is -2.28. The molecule has 0 aliphatic carbocycles. The smallest absolute Gasteiger partial charge is 0.251 e. The Kier molecular flexibility index (Phi) is 4.51. The van der Waals surface area contributed by atoms with Crippen molar-refractivity contribution in [3.05, 3.63) is 57.3 Å². The average molecular weight is 286 g/mol. The van der Waals surface area contributed by atoms with Crippen LogP contribution in [0.15, 0.2) is 35.7 Å². The van der Waals surface area contributed by atoms with Crippen molar-refractivity contribution < 1.29 is 9.90 Å². The van der Waals surface area contributed by atoms with E-state index in [1.54, 1.807) is 18.2 Å². The highest BCUT2D eigenvalue weighted by Crippen LogP contribution is 2.23. The van der Waals surface area contributed by atoms with Crippen molar-refractivity contribution in [3.63, 3.8) is 0 Å². The van der Waals surface area contributed by atoms with Gasteiger partial charge in [-0.2, -0.15) is 5.26 Å². The molecule has 2 rings (SSSR count). The van der Waals surface area contributed by atoms with Crippen molar-refractivity contribution in [3.8, 4) is 6.07 Å². The third-order valence-electron chi connectivity index (χ3n) is 2.91. The highest BCUT2D eigenvalue weighted by atomic mass is 32.1. The molecule has 20 heavy (non-hydrogen) atoms. The molecule has 2 N–H and O–H groups in total. The van der Waals surface area contributed by atoms with Crippen molar-refractivity contribution in [1.82, 2.24) is 5.32 Å². The normalized spacial score (nSPS) is 11.7. The van der Waals surface area contributed by atoms with E-state index in [-0.39, 0.29) is 12.5 Å². The lowest BCUT2D eigenvalue weighted by atomic mass is 10.1. The Morgan fingerprint density at radius 1 is 1.50 bits per heavy atom. The maximum atomic E-state index is 11.9. The number of hydrogen-bond acceptors (Lipinski definition) is 4. The third-order valence-corrected chi connectivity index (χ3v) is 4.03. The number of carbonyl (C=O) groups excluding carboxylic acids is 1. The molecule has 1 atom stereocenters. The summed E-state index contributed by atoms with van der Waals surface area (Å²) < 4.78 is 0. The number of nitrogens with one attached hydrogen (secondary N) is 1. The maximum Gasteiger partial charge on any atom is 0.251 e. The van der Waals surface area contributed by atoms with Gasteiger partial charge in [0.15, 0.2) is 0 Å². The van der Waals surface area contributed by atoms with Gasteiger partial charge in [-0.15, -0.1) is 11.3 Å². The van der Waals surface area contributed by atoms with Crippen LogP contribution >= 0.6 is 11.3 Å². The van der Waals surface area contributed by atoms with Crippen molar-refractivity contribution in [2.75, 3.05) is 6.54 Å². The number of aryl methyl sites for hydroxylation is 1. The first-order valence-corrected chi connectivity index (χ1v) is 7.00. The van der Waals surface area contributed by atoms with E-state index in [9.17, 15) is 9.90 Å². The summed E-state index contributed by atoms with van der Waals surface area (Å²) in [7, 11) is 0. The first kappa shape index (κ1) is 14.3. The summed E-state index contributed by atoms with van der Waals surface area (Å²) in [4.78, 5) is 12.8. The number of carbonyl (C=O) groups is 1. The zero-order valence-electron chi connectivity index (χ0n) is 11.0. The number of aliphatic hydroxyl groups is 1. The second-order valence-electron chi connectivity index (χ2n) is 4.39. The predicted molar refractivity (Wildman–Crippen MR) is 77.5 cm³/mol. The Hall–Kier alpha value is -2.16. The van der Waals surface area contributed by atoms with Crippen LogP contribution in [0.4, 0.5) is 0 Å². The molecule has 1 unspecified atom stereocenters. The van der Waals surface area contributed by atoms with Crippen LogP contribution in [-0.2, 0) is 0 Å². The number of aliphatic hydroxyl groups excluding tert-OH is 1. The minimum atomic E-state index is -0.710. The van der Waals surface area contributed by atoms with E-state index in [4.69, 9.17) is 5.26 Å². The van der Waals surface area contributed by atoms with Gasteiger partial charge in [-0.05, 0) is 42.1 Å². The topological polar surface area (TPSA) is 73.1 Å². The van der Waals surface area contributed by atoms with Crippen LogP contribution in [0.1, 0.15) is 32.5 Å².